The summed E-state index contributed by atoms with van der Waals surface area (Å²) in [7, 11) is 0. The van der Waals surface area contributed by atoms with Crippen molar-refractivity contribution in [1.82, 2.24) is 10.3 Å². The molecule has 1 aliphatic carbocycles. The van der Waals surface area contributed by atoms with Crippen LogP contribution in [0.4, 0.5) is 10.9 Å². The molecule has 5 nitrogen and oxygen atoms in total. The van der Waals surface area contributed by atoms with Gasteiger partial charge < -0.3 is 16.4 Å². The van der Waals surface area contributed by atoms with Crippen LogP contribution in [0.25, 0.3) is 0 Å². The van der Waals surface area contributed by atoms with Crippen LogP contribution in [0.15, 0.2) is 0 Å². The number of rotatable bonds is 4. The molecule has 0 unspecified atom stereocenters. The number of nitrogens with zero attached hydrogens (tertiary/aromatic N) is 1. The number of carbonyl (C=O) groups excluding carboxylic acids is 1. The van der Waals surface area contributed by atoms with Crippen molar-refractivity contribution in [1.29, 1.82) is 0 Å². The summed E-state index contributed by atoms with van der Waals surface area (Å²) < 4.78 is 0. The minimum atomic E-state index is -0.114. The van der Waals surface area contributed by atoms with Crippen molar-refractivity contribution < 1.29 is 4.79 Å². The second-order valence-electron chi connectivity index (χ2n) is 5.05. The number of anilines is 2. The van der Waals surface area contributed by atoms with Crippen LogP contribution < -0.4 is 16.4 Å². The minimum absolute atomic E-state index is 0.0286. The molecule has 17 heavy (non-hydrogen) atoms. The fourth-order valence-electron chi connectivity index (χ4n) is 1.45. The third-order valence-corrected chi connectivity index (χ3v) is 3.69. The third-order valence-electron chi connectivity index (χ3n) is 2.69. The first kappa shape index (κ1) is 12.2. The zero-order chi connectivity index (χ0) is 12.6. The van der Waals surface area contributed by atoms with E-state index in [0.29, 0.717) is 15.8 Å². The number of hydrogen-bond acceptors (Lipinski definition) is 5. The van der Waals surface area contributed by atoms with Crippen LogP contribution in [0, 0.1) is 0 Å². The van der Waals surface area contributed by atoms with Gasteiger partial charge in [0.2, 0.25) is 0 Å². The lowest BCUT2D eigenvalue weighted by molar-refractivity contribution is 0.0940. The topological polar surface area (TPSA) is 80.0 Å². The smallest absolute Gasteiger partial charge is 0.265 e. The summed E-state index contributed by atoms with van der Waals surface area (Å²) in [6.45, 7) is 6.07. The summed E-state index contributed by atoms with van der Waals surface area (Å²) in [5.74, 6) is 0.191. The molecule has 0 spiro atoms. The molecule has 2 rings (SSSR count). The summed E-state index contributed by atoms with van der Waals surface area (Å²) in [5.41, 5.74) is 5.73. The fourth-order valence-corrected chi connectivity index (χ4v) is 2.37. The molecule has 1 aromatic heterocycles. The van der Waals surface area contributed by atoms with Gasteiger partial charge >= 0.3 is 0 Å². The van der Waals surface area contributed by atoms with E-state index in [-0.39, 0.29) is 17.5 Å². The Balaban J connectivity index is 2.09. The number of carbonyl (C=O) groups is 1. The Morgan fingerprint density at radius 1 is 1.53 bits per heavy atom. The van der Waals surface area contributed by atoms with Gasteiger partial charge in [-0.25, -0.2) is 4.98 Å². The monoisotopic (exact) mass is 254 g/mol. The van der Waals surface area contributed by atoms with E-state index < -0.39 is 0 Å². The largest absolute Gasteiger partial charge is 0.382 e. The van der Waals surface area contributed by atoms with E-state index in [1.807, 2.05) is 20.8 Å². The number of nitrogens with two attached hydrogens (primary N) is 1. The molecule has 0 aromatic carbocycles. The van der Waals surface area contributed by atoms with E-state index in [1.165, 1.54) is 11.3 Å². The molecule has 1 aromatic rings. The minimum Gasteiger partial charge on any atom is -0.382 e. The van der Waals surface area contributed by atoms with Crippen LogP contribution in [0.2, 0.25) is 0 Å². The van der Waals surface area contributed by atoms with Crippen LogP contribution in [-0.4, -0.2) is 22.5 Å². The first-order valence-electron chi connectivity index (χ1n) is 5.75. The Morgan fingerprint density at radius 2 is 2.18 bits per heavy atom. The maximum atomic E-state index is 12.0. The maximum Gasteiger partial charge on any atom is 0.265 e. The van der Waals surface area contributed by atoms with Crippen LogP contribution in [-0.2, 0) is 0 Å². The molecule has 1 amide bonds. The summed E-state index contributed by atoms with van der Waals surface area (Å²) in [6, 6.07) is 0.275. The number of aromatic nitrogens is 1. The van der Waals surface area contributed by atoms with Crippen molar-refractivity contribution in [2.24, 2.45) is 0 Å². The van der Waals surface area contributed by atoms with Crippen molar-refractivity contribution in [2.45, 2.75) is 45.2 Å². The molecular weight excluding hydrogens is 236 g/mol. The van der Waals surface area contributed by atoms with Crippen molar-refractivity contribution in [3.05, 3.63) is 4.88 Å². The normalized spacial score (nSPS) is 16.9. The molecule has 0 radical (unpaired) electrons. The molecule has 1 fully saturated rings. The maximum absolute atomic E-state index is 12.0. The molecule has 1 heterocycles. The summed E-state index contributed by atoms with van der Waals surface area (Å²) >= 11 is 1.31. The number of hydrogen-bond donors (Lipinski definition) is 3. The summed E-state index contributed by atoms with van der Waals surface area (Å²) in [5, 5.41) is 6.82. The number of amides is 1. The van der Waals surface area contributed by atoms with Gasteiger partial charge in [0.15, 0.2) is 5.13 Å². The molecule has 0 aliphatic heterocycles. The molecule has 0 bridgehead atoms. The Kier molecular flexibility index (Phi) is 2.99. The van der Waals surface area contributed by atoms with E-state index in [4.69, 9.17) is 5.73 Å². The second-order valence-corrected chi connectivity index (χ2v) is 6.05. The Labute approximate surface area is 105 Å². The van der Waals surface area contributed by atoms with E-state index in [2.05, 4.69) is 15.6 Å². The molecule has 0 saturated heterocycles. The van der Waals surface area contributed by atoms with Gasteiger partial charge in [0.25, 0.3) is 5.91 Å². The Bertz CT molecular complexity index is 437. The Hall–Kier alpha value is -1.30. The number of thiazole rings is 1. The predicted molar refractivity (Wildman–Crippen MR) is 70.4 cm³/mol. The molecule has 1 aliphatic rings. The quantitative estimate of drug-likeness (QED) is 0.765. The standard InChI is InChI=1S/C11H18N4OS/c1-6(2)13-10-14-8(12)7(17-10)9(16)15-11(3)4-5-11/h6H,4-5,12H2,1-3H3,(H,13,14)(H,15,16). The van der Waals surface area contributed by atoms with Crippen molar-refractivity contribution in [2.75, 3.05) is 11.1 Å². The summed E-state index contributed by atoms with van der Waals surface area (Å²) in [6.07, 6.45) is 2.07. The SMILES string of the molecule is CC(C)Nc1nc(N)c(C(=O)NC2(C)CC2)s1. The zero-order valence-corrected chi connectivity index (χ0v) is 11.1. The summed E-state index contributed by atoms with van der Waals surface area (Å²) in [4.78, 5) is 16.6. The lowest BCUT2D eigenvalue weighted by Crippen LogP contribution is -2.34. The van der Waals surface area contributed by atoms with Crippen LogP contribution in [0.3, 0.4) is 0 Å². The van der Waals surface area contributed by atoms with Gasteiger partial charge in [-0.2, -0.15) is 0 Å². The molecule has 6 heteroatoms. The highest BCUT2D eigenvalue weighted by Gasteiger charge is 2.39. The van der Waals surface area contributed by atoms with E-state index in [1.54, 1.807) is 0 Å². The van der Waals surface area contributed by atoms with Gasteiger partial charge in [-0.3, -0.25) is 4.79 Å². The van der Waals surface area contributed by atoms with Crippen molar-refractivity contribution >= 4 is 28.2 Å². The zero-order valence-electron chi connectivity index (χ0n) is 10.3. The Morgan fingerprint density at radius 3 is 2.71 bits per heavy atom. The van der Waals surface area contributed by atoms with E-state index in [9.17, 15) is 4.79 Å². The van der Waals surface area contributed by atoms with E-state index in [0.717, 1.165) is 12.8 Å². The number of nitrogen functional groups attached to an aromatic ring is 1. The average Bonchev–Trinajstić information content (AvgIpc) is 2.78. The first-order valence-corrected chi connectivity index (χ1v) is 6.57. The predicted octanol–water partition coefficient (Wildman–Crippen LogP) is 1.83. The van der Waals surface area contributed by atoms with Crippen LogP contribution >= 0.6 is 11.3 Å². The fraction of sp³-hybridized carbons (Fsp3) is 0.636. The van der Waals surface area contributed by atoms with Gasteiger partial charge in [0, 0.05) is 11.6 Å². The van der Waals surface area contributed by atoms with Gasteiger partial charge in [0.05, 0.1) is 0 Å². The lowest BCUT2D eigenvalue weighted by Gasteiger charge is -2.09. The second kappa shape index (κ2) is 4.18. The highest BCUT2D eigenvalue weighted by Crippen LogP contribution is 2.35. The molecule has 4 N–H and O–H groups in total. The van der Waals surface area contributed by atoms with Gasteiger partial charge in [-0.1, -0.05) is 11.3 Å². The van der Waals surface area contributed by atoms with Crippen LogP contribution in [0.5, 0.6) is 0 Å². The molecule has 0 atom stereocenters. The van der Waals surface area contributed by atoms with Gasteiger partial charge in [-0.05, 0) is 33.6 Å². The molecule has 1 saturated carbocycles. The van der Waals surface area contributed by atoms with E-state index >= 15 is 0 Å². The van der Waals surface area contributed by atoms with Gasteiger partial charge in [0.1, 0.15) is 10.7 Å². The van der Waals surface area contributed by atoms with Gasteiger partial charge in [-0.15, -0.1) is 0 Å². The van der Waals surface area contributed by atoms with Crippen molar-refractivity contribution in [3.63, 3.8) is 0 Å². The average molecular weight is 254 g/mol. The van der Waals surface area contributed by atoms with Crippen LogP contribution in [0.1, 0.15) is 43.3 Å². The third kappa shape index (κ3) is 2.88. The highest BCUT2D eigenvalue weighted by atomic mass is 32.1. The number of nitrogens with one attached hydrogen (secondary N) is 2. The lowest BCUT2D eigenvalue weighted by atomic mass is 10.3. The van der Waals surface area contributed by atoms with Crippen molar-refractivity contribution in [3.8, 4) is 0 Å². The molecular formula is C11H18N4OS. The highest BCUT2D eigenvalue weighted by molar-refractivity contribution is 7.18. The molecule has 94 valence electrons. The first-order chi connectivity index (χ1) is 7.89.